The van der Waals surface area contributed by atoms with Gasteiger partial charge >= 0.3 is 0 Å². The molecule has 0 bridgehead atoms. The van der Waals surface area contributed by atoms with Gasteiger partial charge in [-0.2, -0.15) is 0 Å². The topological polar surface area (TPSA) is 81.9 Å². The number of alkyl halides is 1. The van der Waals surface area contributed by atoms with E-state index in [1.54, 1.807) is 28.2 Å². The molecule has 0 aromatic heterocycles. The van der Waals surface area contributed by atoms with Crippen LogP contribution >= 0.6 is 0 Å². The van der Waals surface area contributed by atoms with Crippen molar-refractivity contribution >= 4 is 11.8 Å². The summed E-state index contributed by atoms with van der Waals surface area (Å²) in [5.41, 5.74) is 3.34. The molecule has 4 rings (SSSR count). The molecule has 1 aliphatic carbocycles. The fourth-order valence-electron chi connectivity index (χ4n) is 3.76. The fraction of sp³-hybridized carbons (Fsp3) is 0.400. The number of nitrogens with zero attached hydrogens (tertiary/aromatic N) is 3. The molecule has 1 aromatic carbocycles. The molecule has 0 spiro atoms. The number of allylic oxidation sites excluding steroid dienone is 1. The van der Waals surface area contributed by atoms with E-state index in [4.69, 9.17) is 5.84 Å². The Labute approximate surface area is 163 Å². The number of fused-ring (bicyclic) bond motifs is 1. The molecule has 1 atom stereocenters. The Bertz CT molecular complexity index is 847. The molecule has 2 heterocycles. The number of halogens is 1. The zero-order valence-electron chi connectivity index (χ0n) is 15.6. The van der Waals surface area contributed by atoms with Crippen molar-refractivity contribution in [3.05, 3.63) is 59.2 Å². The van der Waals surface area contributed by atoms with Crippen LogP contribution in [0.15, 0.2) is 48.1 Å². The maximum absolute atomic E-state index is 15.2. The molecular weight excluding hydrogens is 361 g/mol. The van der Waals surface area contributed by atoms with Crippen LogP contribution in [0.2, 0.25) is 0 Å². The van der Waals surface area contributed by atoms with Gasteiger partial charge in [-0.15, -0.1) is 0 Å². The second kappa shape index (κ2) is 7.46. The molecule has 148 valence electrons. The van der Waals surface area contributed by atoms with Crippen molar-refractivity contribution in [2.75, 3.05) is 32.7 Å². The number of benzene rings is 1. The number of piperazine rings is 1. The first-order chi connectivity index (χ1) is 13.4. The minimum Gasteiger partial charge on any atom is -0.337 e. The first-order valence-electron chi connectivity index (χ1n) is 9.45. The van der Waals surface area contributed by atoms with Crippen molar-refractivity contribution in [1.29, 1.82) is 0 Å². The Morgan fingerprint density at radius 1 is 1.21 bits per heavy atom. The van der Waals surface area contributed by atoms with Crippen LogP contribution in [0.3, 0.4) is 0 Å². The summed E-state index contributed by atoms with van der Waals surface area (Å²) in [5.74, 6) is 5.05. The van der Waals surface area contributed by atoms with Crippen LogP contribution in [0.4, 0.5) is 4.39 Å². The van der Waals surface area contributed by atoms with Gasteiger partial charge in [-0.25, -0.2) is 14.4 Å². The predicted molar refractivity (Wildman–Crippen MR) is 102 cm³/mol. The number of nitrogens with two attached hydrogens (primary N) is 1. The van der Waals surface area contributed by atoms with Gasteiger partial charge in [0, 0.05) is 51.3 Å². The fourth-order valence-corrected chi connectivity index (χ4v) is 3.76. The van der Waals surface area contributed by atoms with Crippen molar-refractivity contribution in [1.82, 2.24) is 20.3 Å². The number of hydrogen-bond acceptors (Lipinski definition) is 5. The molecule has 28 heavy (non-hydrogen) atoms. The van der Waals surface area contributed by atoms with Gasteiger partial charge in [0.15, 0.2) is 0 Å². The van der Waals surface area contributed by atoms with Gasteiger partial charge in [0.2, 0.25) is 5.67 Å². The Morgan fingerprint density at radius 2 is 1.96 bits per heavy atom. The molecular formula is C20H24FN5O2. The highest BCUT2D eigenvalue weighted by Gasteiger charge is 2.40. The summed E-state index contributed by atoms with van der Waals surface area (Å²) < 4.78 is 15.2. The zero-order chi connectivity index (χ0) is 19.7. The summed E-state index contributed by atoms with van der Waals surface area (Å²) in [6.45, 7) is 2.99. The molecule has 0 radical (unpaired) electrons. The molecule has 1 unspecified atom stereocenters. The molecule has 7 nitrogen and oxygen atoms in total. The second-order valence-electron chi connectivity index (χ2n) is 7.46. The van der Waals surface area contributed by atoms with E-state index in [0.29, 0.717) is 44.8 Å². The van der Waals surface area contributed by atoms with E-state index in [0.717, 1.165) is 11.1 Å². The third-order valence-electron chi connectivity index (χ3n) is 5.44. The molecule has 2 aliphatic heterocycles. The molecule has 0 saturated carbocycles. The minimum atomic E-state index is -2.02. The van der Waals surface area contributed by atoms with Crippen LogP contribution in [0.5, 0.6) is 0 Å². The van der Waals surface area contributed by atoms with Crippen LogP contribution in [0, 0.1) is 0 Å². The van der Waals surface area contributed by atoms with E-state index >= 15 is 4.39 Å². The maximum Gasteiger partial charge on any atom is 0.265 e. The summed E-state index contributed by atoms with van der Waals surface area (Å²) in [6.07, 6.45) is 4.73. The highest BCUT2D eigenvalue weighted by molar-refractivity contribution is 5.96. The maximum atomic E-state index is 15.2. The van der Waals surface area contributed by atoms with Gasteiger partial charge in [0.25, 0.3) is 11.8 Å². The third-order valence-corrected chi connectivity index (χ3v) is 5.44. The zero-order valence-corrected chi connectivity index (χ0v) is 15.6. The van der Waals surface area contributed by atoms with E-state index in [9.17, 15) is 9.59 Å². The quantitative estimate of drug-likeness (QED) is 0.751. The summed E-state index contributed by atoms with van der Waals surface area (Å²) >= 11 is 0. The van der Waals surface area contributed by atoms with Gasteiger partial charge < -0.3 is 4.90 Å². The predicted octanol–water partition coefficient (Wildman–Crippen LogP) is 0.760. The van der Waals surface area contributed by atoms with Crippen molar-refractivity contribution in [3.8, 4) is 0 Å². The van der Waals surface area contributed by atoms with Crippen LogP contribution < -0.4 is 11.3 Å². The molecule has 1 saturated heterocycles. The van der Waals surface area contributed by atoms with Gasteiger partial charge in [-0.1, -0.05) is 30.4 Å². The SMILES string of the molecule is NN1CCN(C(=O)C2(F)C=CC(CN3Cc4ccccc4C(=O)N3)=CC2)CC1. The lowest BCUT2D eigenvalue weighted by Gasteiger charge is -2.36. The van der Waals surface area contributed by atoms with E-state index < -0.39 is 11.6 Å². The van der Waals surface area contributed by atoms with Crippen molar-refractivity contribution in [3.63, 3.8) is 0 Å². The molecule has 1 fully saturated rings. The molecule has 2 amide bonds. The number of nitrogens with one attached hydrogen (secondary N) is 1. The largest absolute Gasteiger partial charge is 0.337 e. The van der Waals surface area contributed by atoms with E-state index in [-0.39, 0.29) is 12.3 Å². The smallest absolute Gasteiger partial charge is 0.265 e. The number of hydrazine groups is 2. The standard InChI is InChI=1S/C20H24FN5O2/c21-20(19(28)24-9-11-25(22)12-10-24)7-5-15(6-8-20)13-26-14-16-3-1-2-4-17(16)18(27)23-26/h1-7H,8-14,22H2,(H,23,27). The Balaban J connectivity index is 1.38. The first kappa shape index (κ1) is 18.8. The average molecular weight is 385 g/mol. The lowest BCUT2D eigenvalue weighted by Crippen LogP contribution is -2.55. The van der Waals surface area contributed by atoms with Crippen molar-refractivity contribution in [2.24, 2.45) is 5.84 Å². The average Bonchev–Trinajstić information content (AvgIpc) is 2.70. The first-order valence-corrected chi connectivity index (χ1v) is 9.45. The molecule has 3 N–H and O–H groups in total. The van der Waals surface area contributed by atoms with Crippen LogP contribution in [-0.4, -0.2) is 65.1 Å². The summed E-state index contributed by atoms with van der Waals surface area (Å²) in [4.78, 5) is 26.4. The normalized spacial score (nSPS) is 25.9. The van der Waals surface area contributed by atoms with Gasteiger partial charge in [0.1, 0.15) is 0 Å². The van der Waals surface area contributed by atoms with Gasteiger partial charge in [0.05, 0.1) is 0 Å². The Morgan fingerprint density at radius 3 is 2.68 bits per heavy atom. The van der Waals surface area contributed by atoms with Gasteiger partial charge in [-0.3, -0.25) is 20.9 Å². The van der Waals surface area contributed by atoms with Crippen LogP contribution in [0.1, 0.15) is 22.3 Å². The number of carbonyl (C=O) groups excluding carboxylic acids is 2. The second-order valence-corrected chi connectivity index (χ2v) is 7.46. The monoisotopic (exact) mass is 385 g/mol. The van der Waals surface area contributed by atoms with Crippen molar-refractivity contribution < 1.29 is 14.0 Å². The molecule has 3 aliphatic rings. The van der Waals surface area contributed by atoms with Crippen LogP contribution in [-0.2, 0) is 11.3 Å². The molecule has 8 heteroatoms. The van der Waals surface area contributed by atoms with E-state index in [1.807, 2.05) is 18.2 Å². The summed E-state index contributed by atoms with van der Waals surface area (Å²) in [5, 5.41) is 3.43. The van der Waals surface area contributed by atoms with E-state index in [2.05, 4.69) is 5.43 Å². The lowest BCUT2D eigenvalue weighted by atomic mass is 9.92. The highest BCUT2D eigenvalue weighted by Crippen LogP contribution is 2.28. The van der Waals surface area contributed by atoms with Crippen LogP contribution in [0.25, 0.3) is 0 Å². The number of rotatable bonds is 3. The molecule has 1 aromatic rings. The lowest BCUT2D eigenvalue weighted by molar-refractivity contribution is -0.142. The summed E-state index contributed by atoms with van der Waals surface area (Å²) in [6, 6.07) is 7.47. The van der Waals surface area contributed by atoms with Gasteiger partial charge in [-0.05, 0) is 23.3 Å². The summed E-state index contributed by atoms with van der Waals surface area (Å²) in [7, 11) is 0. The third kappa shape index (κ3) is 3.71. The van der Waals surface area contributed by atoms with Crippen molar-refractivity contribution in [2.45, 2.75) is 18.6 Å². The highest BCUT2D eigenvalue weighted by atomic mass is 19.1. The minimum absolute atomic E-state index is 0.00111. The number of amides is 2. The Kier molecular flexibility index (Phi) is 5.01. The number of hydrogen-bond donors (Lipinski definition) is 2. The Hall–Kier alpha value is -2.55. The van der Waals surface area contributed by atoms with E-state index in [1.165, 1.54) is 11.0 Å². The number of carbonyl (C=O) groups is 2.